The highest BCUT2D eigenvalue weighted by atomic mass is 32.2. The van der Waals surface area contributed by atoms with Crippen LogP contribution < -0.4 is 19.1 Å². The lowest BCUT2D eigenvalue weighted by atomic mass is 9.82. The van der Waals surface area contributed by atoms with Gasteiger partial charge in [0.05, 0.1) is 42.7 Å². The normalized spacial score (nSPS) is 29.3. The highest BCUT2D eigenvalue weighted by Crippen LogP contribution is 2.57. The van der Waals surface area contributed by atoms with Crippen LogP contribution in [0.3, 0.4) is 0 Å². The molecule has 0 bridgehead atoms. The second kappa shape index (κ2) is 16.0. The molecule has 1 N–H and O–H groups in total. The molecular formula is C42H58N4O9S. The van der Waals surface area contributed by atoms with E-state index in [-0.39, 0.29) is 55.3 Å². The molecule has 1 aromatic heterocycles. The summed E-state index contributed by atoms with van der Waals surface area (Å²) in [5, 5.41) is 0.959. The monoisotopic (exact) mass is 794 g/mol. The number of pyridine rings is 1. The summed E-state index contributed by atoms with van der Waals surface area (Å²) in [6, 6.07) is 6.51. The number of amides is 2. The van der Waals surface area contributed by atoms with E-state index in [1.165, 1.54) is 4.90 Å². The number of hydrogen-bond acceptors (Lipinski definition) is 11. The van der Waals surface area contributed by atoms with Gasteiger partial charge in [0.25, 0.3) is 0 Å². The molecule has 3 heterocycles. The number of carbonyl (C=O) groups excluding carboxylic acids is 4. The Hall–Kier alpha value is -4.20. The van der Waals surface area contributed by atoms with Crippen LogP contribution in [-0.4, -0.2) is 92.6 Å². The number of carbonyl (C=O) groups is 4. The summed E-state index contributed by atoms with van der Waals surface area (Å²) in [6.45, 7) is 9.49. The molecule has 0 unspecified atom stereocenters. The lowest BCUT2D eigenvalue weighted by Crippen LogP contribution is -2.47. The summed E-state index contributed by atoms with van der Waals surface area (Å²) in [5.41, 5.74) is -2.01. The molecule has 0 radical (unpaired) electrons. The third-order valence-corrected chi connectivity index (χ3v) is 13.5. The fourth-order valence-electron chi connectivity index (χ4n) is 8.34. The van der Waals surface area contributed by atoms with Gasteiger partial charge >= 0.3 is 5.97 Å². The third kappa shape index (κ3) is 9.32. The second-order valence-corrected chi connectivity index (χ2v) is 19.7. The summed E-state index contributed by atoms with van der Waals surface area (Å²) in [7, 11) is 1.48. The number of rotatable bonds is 9. The molecule has 4 aliphatic rings. The minimum absolute atomic E-state index is 0.0481. The minimum Gasteiger partial charge on any atom is -0.497 e. The fourth-order valence-corrected chi connectivity index (χ4v) is 9.73. The zero-order chi connectivity index (χ0) is 40.7. The molecule has 56 heavy (non-hydrogen) atoms. The standard InChI is InChI=1S/C42H58N4O9S/c1-25-11-9-10-12-28-22-42(28,40(50)44-56(51,52)31-14-15-31)23-35(47)34-20-30(24-46(34)39(49)33(26(2)17-25)21-37(48)55-41(3,4)5)54-38-32-16-13-29(53-8)18-27(32)19-36(43-38)45(6)7/h10,12-13,16,18-19,25-26,28,30-31,33-34H,9,11,14-15,17,20-24H2,1-8H3,(H,44,50)/b12-10-/t25-,26+,28+,30+,33-,34-,42+/m0/s1. The number of allylic oxidation sites excluding steroid dienone is 2. The Kier molecular flexibility index (Phi) is 11.8. The first-order valence-corrected chi connectivity index (χ1v) is 21.5. The van der Waals surface area contributed by atoms with Gasteiger partial charge in [-0.05, 0) is 107 Å². The molecule has 7 atom stereocenters. The Morgan fingerprint density at radius 3 is 2.46 bits per heavy atom. The van der Waals surface area contributed by atoms with E-state index in [4.69, 9.17) is 19.2 Å². The number of fused-ring (bicyclic) bond motifs is 3. The zero-order valence-corrected chi connectivity index (χ0v) is 34.8. The van der Waals surface area contributed by atoms with Crippen LogP contribution in [0.5, 0.6) is 11.6 Å². The van der Waals surface area contributed by atoms with Crippen LogP contribution in [0.2, 0.25) is 0 Å². The summed E-state index contributed by atoms with van der Waals surface area (Å²) in [6.07, 6.45) is 6.56. The smallest absolute Gasteiger partial charge is 0.307 e. The van der Waals surface area contributed by atoms with Gasteiger partial charge in [-0.3, -0.25) is 23.9 Å². The Labute approximate surface area is 330 Å². The first kappa shape index (κ1) is 41.4. The summed E-state index contributed by atoms with van der Waals surface area (Å²) < 4.78 is 46.0. The number of benzene rings is 1. The lowest BCUT2D eigenvalue weighted by Gasteiger charge is -2.32. The van der Waals surface area contributed by atoms with E-state index < -0.39 is 56.2 Å². The van der Waals surface area contributed by atoms with Gasteiger partial charge in [-0.2, -0.15) is 4.98 Å². The van der Waals surface area contributed by atoms with E-state index in [0.717, 1.165) is 23.6 Å². The van der Waals surface area contributed by atoms with E-state index >= 15 is 0 Å². The van der Waals surface area contributed by atoms with E-state index in [2.05, 4.69) is 11.6 Å². The topological polar surface area (TPSA) is 162 Å². The van der Waals surface area contributed by atoms with Crippen LogP contribution in [0.1, 0.15) is 92.4 Å². The van der Waals surface area contributed by atoms with Crippen molar-refractivity contribution in [3.05, 3.63) is 36.4 Å². The summed E-state index contributed by atoms with van der Waals surface area (Å²) >= 11 is 0. The molecule has 2 amide bonds. The number of hydrogen-bond donors (Lipinski definition) is 1. The number of esters is 1. The van der Waals surface area contributed by atoms with Gasteiger partial charge in [0.1, 0.15) is 23.3 Å². The number of anilines is 1. The molecule has 13 nitrogen and oxygen atoms in total. The summed E-state index contributed by atoms with van der Waals surface area (Å²) in [4.78, 5) is 65.1. The largest absolute Gasteiger partial charge is 0.497 e. The zero-order valence-electron chi connectivity index (χ0n) is 34.0. The van der Waals surface area contributed by atoms with Crippen LogP contribution >= 0.6 is 0 Å². The van der Waals surface area contributed by atoms with Crippen LogP contribution in [0.4, 0.5) is 5.82 Å². The molecular weight excluding hydrogens is 737 g/mol. The maximum absolute atomic E-state index is 14.9. The lowest BCUT2D eigenvalue weighted by molar-refractivity contribution is -0.160. The SMILES string of the molecule is COc1ccc2c(O[C@@H]3C[C@H]4C(=O)C[C@]5(C(=O)NS(=O)(=O)C6CC6)C[C@H]5/C=C\CC[C@H](C)C[C@@H](C)[C@H](CC(=O)OC(C)(C)C)C(=O)N4C3)nc(N(C)C)cc2c1. The van der Waals surface area contributed by atoms with Crippen molar-refractivity contribution in [2.75, 3.05) is 32.6 Å². The van der Waals surface area contributed by atoms with Crippen molar-refractivity contribution in [3.63, 3.8) is 0 Å². The molecule has 2 aromatic rings. The second-order valence-electron chi connectivity index (χ2n) is 17.8. The predicted octanol–water partition coefficient (Wildman–Crippen LogP) is 5.59. The summed E-state index contributed by atoms with van der Waals surface area (Å²) in [5.74, 6) is -1.33. The van der Waals surface area contributed by atoms with Crippen molar-refractivity contribution < 1.29 is 41.8 Å². The van der Waals surface area contributed by atoms with Gasteiger partial charge < -0.3 is 24.0 Å². The molecule has 306 valence electrons. The van der Waals surface area contributed by atoms with Gasteiger partial charge in [-0.15, -0.1) is 0 Å². The number of nitrogens with one attached hydrogen (secondary N) is 1. The van der Waals surface area contributed by atoms with Gasteiger partial charge in [0, 0.05) is 32.3 Å². The van der Waals surface area contributed by atoms with Gasteiger partial charge in [0.2, 0.25) is 27.7 Å². The van der Waals surface area contributed by atoms with Crippen LogP contribution in [0.25, 0.3) is 10.8 Å². The van der Waals surface area contributed by atoms with Crippen molar-refractivity contribution in [2.24, 2.45) is 29.1 Å². The minimum atomic E-state index is -3.86. The van der Waals surface area contributed by atoms with Crippen molar-refractivity contribution in [1.82, 2.24) is 14.6 Å². The quantitative estimate of drug-likeness (QED) is 0.249. The van der Waals surface area contributed by atoms with Gasteiger partial charge in [-0.1, -0.05) is 26.0 Å². The maximum Gasteiger partial charge on any atom is 0.307 e. The molecule has 3 fully saturated rings. The highest BCUT2D eigenvalue weighted by Gasteiger charge is 2.61. The first-order valence-electron chi connectivity index (χ1n) is 19.9. The number of ether oxygens (including phenoxy) is 3. The van der Waals surface area contributed by atoms with E-state index in [1.54, 1.807) is 27.9 Å². The number of aromatic nitrogens is 1. The number of methoxy groups -OCH3 is 1. The fraction of sp³-hybridized carbons (Fsp3) is 0.643. The Balaban J connectivity index is 1.37. The van der Waals surface area contributed by atoms with Gasteiger partial charge in [0.15, 0.2) is 5.78 Å². The number of sulfonamides is 1. The molecule has 1 aromatic carbocycles. The van der Waals surface area contributed by atoms with E-state index in [9.17, 15) is 27.6 Å². The van der Waals surface area contributed by atoms with E-state index in [1.807, 2.05) is 62.3 Å². The molecule has 2 aliphatic carbocycles. The average Bonchev–Trinajstić information content (AvgIpc) is 4.04. The van der Waals surface area contributed by atoms with Crippen LogP contribution in [0, 0.1) is 29.1 Å². The molecule has 2 aliphatic heterocycles. The Bertz CT molecular complexity index is 1990. The van der Waals surface area contributed by atoms with Crippen molar-refractivity contribution in [3.8, 4) is 11.6 Å². The molecule has 6 rings (SSSR count). The van der Waals surface area contributed by atoms with Crippen LogP contribution in [-0.2, 0) is 33.9 Å². The number of Topliss-reactive ketones (excluding diaryl/α,β-unsaturated/α-hetero) is 1. The van der Waals surface area contributed by atoms with Crippen LogP contribution in [0.15, 0.2) is 36.4 Å². The maximum atomic E-state index is 14.9. The number of ketones is 1. The first-order chi connectivity index (χ1) is 26.3. The van der Waals surface area contributed by atoms with E-state index in [0.29, 0.717) is 43.1 Å². The third-order valence-electron chi connectivity index (χ3n) is 11.7. The van der Waals surface area contributed by atoms with Crippen molar-refractivity contribution in [1.29, 1.82) is 0 Å². The molecule has 1 saturated heterocycles. The van der Waals surface area contributed by atoms with Crippen molar-refractivity contribution in [2.45, 2.75) is 115 Å². The molecule has 0 spiro atoms. The van der Waals surface area contributed by atoms with Gasteiger partial charge in [-0.25, -0.2) is 8.42 Å². The Morgan fingerprint density at radius 2 is 1.80 bits per heavy atom. The highest BCUT2D eigenvalue weighted by molar-refractivity contribution is 7.90. The average molecular weight is 795 g/mol. The predicted molar refractivity (Wildman–Crippen MR) is 213 cm³/mol. The van der Waals surface area contributed by atoms with Crippen molar-refractivity contribution >= 4 is 50.2 Å². The number of nitrogens with zero attached hydrogens (tertiary/aromatic N) is 3. The molecule has 14 heteroatoms. The molecule has 2 saturated carbocycles. The Morgan fingerprint density at radius 1 is 1.07 bits per heavy atom.